The maximum absolute atomic E-state index is 12.5. The van der Waals surface area contributed by atoms with Crippen molar-refractivity contribution in [2.24, 2.45) is 16.6 Å². The van der Waals surface area contributed by atoms with Gasteiger partial charge in [-0.25, -0.2) is 0 Å². The zero-order valence-corrected chi connectivity index (χ0v) is 11.8. The van der Waals surface area contributed by atoms with Crippen LogP contribution in [0.2, 0.25) is 0 Å². The van der Waals surface area contributed by atoms with Gasteiger partial charge in [0.1, 0.15) is 0 Å². The molecule has 0 aromatic carbocycles. The van der Waals surface area contributed by atoms with Crippen molar-refractivity contribution in [3.63, 3.8) is 0 Å². The lowest BCUT2D eigenvalue weighted by Gasteiger charge is -2.71. The molecular formula is C14H23N3O2. The number of nitrogens with zero attached hydrogens (tertiary/aromatic N) is 1. The predicted molar refractivity (Wildman–Crippen MR) is 71.2 cm³/mol. The average Bonchev–Trinajstić information content (AvgIpc) is 2.26. The second kappa shape index (κ2) is 3.72. The number of nitrogens with one attached hydrogen (secondary N) is 1. The normalized spacial score (nSPS) is 44.4. The van der Waals surface area contributed by atoms with Crippen LogP contribution in [0, 0.1) is 10.8 Å². The summed E-state index contributed by atoms with van der Waals surface area (Å²) in [5, 5.41) is 3.23. The smallest absolute Gasteiger partial charge is 0.228 e. The van der Waals surface area contributed by atoms with Crippen molar-refractivity contribution in [1.29, 1.82) is 0 Å². The van der Waals surface area contributed by atoms with E-state index < -0.39 is 5.41 Å². The number of rotatable bonds is 3. The van der Waals surface area contributed by atoms with E-state index in [0.29, 0.717) is 24.8 Å². The Kier molecular flexibility index (Phi) is 2.53. The number of nitrogens with two attached hydrogens (primary N) is 1. The molecule has 5 heteroatoms. The monoisotopic (exact) mass is 265 g/mol. The average molecular weight is 265 g/mol. The third kappa shape index (κ3) is 1.78. The van der Waals surface area contributed by atoms with Crippen molar-refractivity contribution >= 4 is 11.8 Å². The summed E-state index contributed by atoms with van der Waals surface area (Å²) in [5.74, 6) is 0.245. The molecule has 1 heterocycles. The first-order valence-corrected chi connectivity index (χ1v) is 7.09. The lowest BCUT2D eigenvalue weighted by atomic mass is 9.39. The minimum absolute atomic E-state index is 0.0273. The van der Waals surface area contributed by atoms with Gasteiger partial charge in [0.25, 0.3) is 0 Å². The number of hydrogen-bond acceptors (Lipinski definition) is 3. The zero-order chi connectivity index (χ0) is 13.9. The Morgan fingerprint density at radius 2 is 2.05 bits per heavy atom. The van der Waals surface area contributed by atoms with Crippen molar-refractivity contribution in [1.82, 2.24) is 10.2 Å². The molecule has 3 saturated carbocycles. The highest BCUT2D eigenvalue weighted by atomic mass is 16.2. The van der Waals surface area contributed by atoms with Gasteiger partial charge in [-0.05, 0) is 44.6 Å². The molecule has 0 radical (unpaired) electrons. The molecular weight excluding hydrogens is 242 g/mol. The summed E-state index contributed by atoms with van der Waals surface area (Å²) in [7, 11) is 1.78. The molecule has 1 atom stereocenters. The van der Waals surface area contributed by atoms with Gasteiger partial charge in [-0.1, -0.05) is 0 Å². The number of piperidine rings is 1. The van der Waals surface area contributed by atoms with E-state index in [0.717, 1.165) is 25.8 Å². The fourth-order valence-electron chi connectivity index (χ4n) is 4.19. The second-order valence-corrected chi connectivity index (χ2v) is 7.28. The molecule has 1 unspecified atom stereocenters. The predicted octanol–water partition coefficient (Wildman–Crippen LogP) is 0.243. The highest BCUT2D eigenvalue weighted by molar-refractivity contribution is 5.87. The maximum Gasteiger partial charge on any atom is 0.228 e. The van der Waals surface area contributed by atoms with E-state index in [4.69, 9.17) is 5.73 Å². The van der Waals surface area contributed by atoms with Gasteiger partial charge in [0.05, 0.1) is 5.41 Å². The summed E-state index contributed by atoms with van der Waals surface area (Å²) in [4.78, 5) is 25.7. The van der Waals surface area contributed by atoms with Gasteiger partial charge in [0.2, 0.25) is 11.8 Å². The van der Waals surface area contributed by atoms with Crippen LogP contribution in [0.1, 0.15) is 39.0 Å². The quantitative estimate of drug-likeness (QED) is 0.767. The summed E-state index contributed by atoms with van der Waals surface area (Å²) in [6.45, 7) is 3.23. The Bertz CT molecular complexity index is 428. The van der Waals surface area contributed by atoms with Gasteiger partial charge >= 0.3 is 0 Å². The molecule has 0 aromatic heterocycles. The van der Waals surface area contributed by atoms with E-state index in [9.17, 15) is 9.59 Å². The summed E-state index contributed by atoms with van der Waals surface area (Å²) in [6, 6.07) is 0. The second-order valence-electron chi connectivity index (χ2n) is 7.28. The van der Waals surface area contributed by atoms with Gasteiger partial charge < -0.3 is 16.0 Å². The van der Waals surface area contributed by atoms with Crippen LogP contribution >= 0.6 is 0 Å². The molecule has 0 aromatic rings. The first-order valence-electron chi connectivity index (χ1n) is 7.09. The SMILES string of the molecule is CN1CC(C)(C(=O)NC23CC(CN)(C2)C3)CCC1=O. The molecule has 3 N–H and O–H groups in total. The largest absolute Gasteiger partial charge is 0.350 e. The Morgan fingerprint density at radius 1 is 1.42 bits per heavy atom. The van der Waals surface area contributed by atoms with Crippen LogP contribution in [0.3, 0.4) is 0 Å². The van der Waals surface area contributed by atoms with Crippen molar-refractivity contribution < 1.29 is 9.59 Å². The van der Waals surface area contributed by atoms with Crippen LogP contribution in [0.5, 0.6) is 0 Å². The van der Waals surface area contributed by atoms with Crippen LogP contribution in [0.4, 0.5) is 0 Å². The van der Waals surface area contributed by atoms with Crippen molar-refractivity contribution in [3.8, 4) is 0 Å². The first kappa shape index (κ1) is 12.9. The molecule has 5 nitrogen and oxygen atoms in total. The van der Waals surface area contributed by atoms with Crippen LogP contribution in [0.25, 0.3) is 0 Å². The third-order valence-electron chi connectivity index (χ3n) is 5.40. The molecule has 2 amide bonds. The lowest BCUT2D eigenvalue weighted by Crippen LogP contribution is -2.77. The Labute approximate surface area is 113 Å². The molecule has 2 bridgehead atoms. The molecule has 19 heavy (non-hydrogen) atoms. The number of amides is 2. The molecule has 3 aliphatic carbocycles. The van der Waals surface area contributed by atoms with Gasteiger partial charge in [-0.15, -0.1) is 0 Å². The Morgan fingerprint density at radius 3 is 2.58 bits per heavy atom. The van der Waals surface area contributed by atoms with E-state index in [2.05, 4.69) is 5.32 Å². The van der Waals surface area contributed by atoms with E-state index in [1.807, 2.05) is 6.92 Å². The fraction of sp³-hybridized carbons (Fsp3) is 0.857. The van der Waals surface area contributed by atoms with E-state index >= 15 is 0 Å². The van der Waals surface area contributed by atoms with E-state index in [1.165, 1.54) is 0 Å². The fourth-order valence-corrected chi connectivity index (χ4v) is 4.19. The van der Waals surface area contributed by atoms with Crippen LogP contribution in [-0.4, -0.2) is 42.4 Å². The zero-order valence-electron chi connectivity index (χ0n) is 11.8. The standard InChI is InChI=1S/C14H23N3O2/c1-12(4-3-10(18)17(2)9-12)11(19)16-14-5-13(6-14,7-14)8-15/h3-9,15H2,1-2H3,(H,16,19). The Hall–Kier alpha value is -1.10. The summed E-state index contributed by atoms with van der Waals surface area (Å²) in [6.07, 6.45) is 4.23. The van der Waals surface area contributed by atoms with Crippen molar-refractivity contribution in [2.75, 3.05) is 20.1 Å². The van der Waals surface area contributed by atoms with Gasteiger partial charge in [-0.3, -0.25) is 9.59 Å². The van der Waals surface area contributed by atoms with Crippen LogP contribution in [0.15, 0.2) is 0 Å². The molecule has 0 spiro atoms. The van der Waals surface area contributed by atoms with Gasteiger partial charge in [0, 0.05) is 25.6 Å². The first-order chi connectivity index (χ1) is 8.82. The van der Waals surface area contributed by atoms with Crippen LogP contribution < -0.4 is 11.1 Å². The topological polar surface area (TPSA) is 75.4 Å². The summed E-state index contributed by atoms with van der Waals surface area (Å²) < 4.78 is 0. The maximum atomic E-state index is 12.5. The number of carbonyl (C=O) groups is 2. The molecule has 1 saturated heterocycles. The van der Waals surface area contributed by atoms with Crippen LogP contribution in [-0.2, 0) is 9.59 Å². The third-order valence-corrected chi connectivity index (χ3v) is 5.40. The molecule has 4 aliphatic rings. The number of hydrogen-bond donors (Lipinski definition) is 2. The summed E-state index contributed by atoms with van der Waals surface area (Å²) in [5.41, 5.74) is 5.66. The lowest BCUT2D eigenvalue weighted by molar-refractivity contribution is -0.168. The molecule has 4 fully saturated rings. The number of likely N-dealkylation sites (tertiary alicyclic amines) is 1. The van der Waals surface area contributed by atoms with E-state index in [-0.39, 0.29) is 17.4 Å². The van der Waals surface area contributed by atoms with Gasteiger partial charge in [-0.2, -0.15) is 0 Å². The van der Waals surface area contributed by atoms with E-state index in [1.54, 1.807) is 11.9 Å². The minimum Gasteiger partial charge on any atom is -0.350 e. The van der Waals surface area contributed by atoms with Gasteiger partial charge in [0.15, 0.2) is 0 Å². The van der Waals surface area contributed by atoms with Crippen molar-refractivity contribution in [2.45, 2.75) is 44.6 Å². The highest BCUT2D eigenvalue weighted by Crippen LogP contribution is 2.66. The minimum atomic E-state index is -0.437. The molecule has 4 rings (SSSR count). The molecule has 106 valence electrons. The Balaban J connectivity index is 1.61. The van der Waals surface area contributed by atoms with Crippen molar-refractivity contribution in [3.05, 3.63) is 0 Å². The highest BCUT2D eigenvalue weighted by Gasteiger charge is 2.68. The number of carbonyl (C=O) groups excluding carboxylic acids is 2. The summed E-state index contributed by atoms with van der Waals surface area (Å²) >= 11 is 0. The molecule has 1 aliphatic heterocycles.